The van der Waals surface area contributed by atoms with Crippen molar-refractivity contribution in [3.63, 3.8) is 0 Å². The minimum absolute atomic E-state index is 0.103. The van der Waals surface area contributed by atoms with Crippen LogP contribution in [0.25, 0.3) is 0 Å². The summed E-state index contributed by atoms with van der Waals surface area (Å²) in [6.07, 6.45) is 0. The van der Waals surface area contributed by atoms with Gasteiger partial charge in [-0.2, -0.15) is 5.26 Å². The number of hydrogen-bond donors (Lipinski definition) is 1. The van der Waals surface area contributed by atoms with Gasteiger partial charge in [0.15, 0.2) is 13.2 Å². The highest BCUT2D eigenvalue weighted by Crippen LogP contribution is 2.14. The second-order valence-corrected chi connectivity index (χ2v) is 5.42. The van der Waals surface area contributed by atoms with Crippen molar-refractivity contribution in [3.05, 3.63) is 30.1 Å². The summed E-state index contributed by atoms with van der Waals surface area (Å²) in [6.45, 7) is 4.28. The lowest BCUT2D eigenvalue weighted by atomic mass is 9.90. The Morgan fingerprint density at radius 1 is 1.30 bits per heavy atom. The largest absolute Gasteiger partial charge is 0.482 e. The van der Waals surface area contributed by atoms with Gasteiger partial charge in [0.25, 0.3) is 5.91 Å². The Labute approximate surface area is 134 Å². The van der Waals surface area contributed by atoms with Crippen molar-refractivity contribution in [2.75, 3.05) is 13.2 Å². The molecule has 1 rings (SSSR count). The highest BCUT2D eigenvalue weighted by molar-refractivity contribution is 5.81. The molecular formula is C16H19FN2O4. The summed E-state index contributed by atoms with van der Waals surface area (Å²) >= 11 is 0. The SMILES string of the molecule is CC(C)[C@](C)(C#N)NC(=O)COC(=O)COc1ccc(F)cc1. The first-order chi connectivity index (χ1) is 10.8. The van der Waals surface area contributed by atoms with E-state index in [1.54, 1.807) is 20.8 Å². The van der Waals surface area contributed by atoms with Crippen molar-refractivity contribution in [1.29, 1.82) is 5.26 Å². The maximum absolute atomic E-state index is 12.7. The van der Waals surface area contributed by atoms with Crippen LogP contribution >= 0.6 is 0 Å². The molecule has 0 bridgehead atoms. The highest BCUT2D eigenvalue weighted by atomic mass is 19.1. The van der Waals surface area contributed by atoms with Crippen LogP contribution in [0.15, 0.2) is 24.3 Å². The average molecular weight is 322 g/mol. The number of carbonyl (C=O) groups is 2. The van der Waals surface area contributed by atoms with Crippen LogP contribution in [0.5, 0.6) is 5.75 Å². The van der Waals surface area contributed by atoms with Gasteiger partial charge in [0.05, 0.1) is 6.07 Å². The Hall–Kier alpha value is -2.62. The van der Waals surface area contributed by atoms with E-state index in [1.807, 2.05) is 6.07 Å². The fourth-order valence-electron chi connectivity index (χ4n) is 1.49. The molecule has 0 saturated heterocycles. The molecule has 0 aliphatic carbocycles. The fourth-order valence-corrected chi connectivity index (χ4v) is 1.49. The number of hydrogen-bond acceptors (Lipinski definition) is 5. The van der Waals surface area contributed by atoms with E-state index in [0.29, 0.717) is 5.75 Å². The van der Waals surface area contributed by atoms with Crippen molar-refractivity contribution in [1.82, 2.24) is 5.32 Å². The molecule has 1 amide bonds. The lowest BCUT2D eigenvalue weighted by molar-refractivity contribution is -0.150. The number of nitrogens with zero attached hydrogens (tertiary/aromatic N) is 1. The summed E-state index contributed by atoms with van der Waals surface area (Å²) in [4.78, 5) is 23.2. The summed E-state index contributed by atoms with van der Waals surface area (Å²) in [5.74, 6) is -1.52. The van der Waals surface area contributed by atoms with Crippen LogP contribution in [-0.4, -0.2) is 30.6 Å². The van der Waals surface area contributed by atoms with Gasteiger partial charge in [-0.15, -0.1) is 0 Å². The molecule has 1 aromatic carbocycles. The Bertz CT molecular complexity index is 595. The van der Waals surface area contributed by atoms with Crippen LogP contribution in [0.4, 0.5) is 4.39 Å². The second kappa shape index (κ2) is 8.13. The summed E-state index contributed by atoms with van der Waals surface area (Å²) < 4.78 is 22.6. The van der Waals surface area contributed by atoms with Gasteiger partial charge in [-0.05, 0) is 37.1 Å². The van der Waals surface area contributed by atoms with Crippen LogP contribution in [-0.2, 0) is 14.3 Å². The van der Waals surface area contributed by atoms with E-state index in [0.717, 1.165) is 0 Å². The van der Waals surface area contributed by atoms with Gasteiger partial charge in [0, 0.05) is 0 Å². The molecule has 0 unspecified atom stereocenters. The number of rotatable bonds is 7. The fraction of sp³-hybridized carbons (Fsp3) is 0.438. The van der Waals surface area contributed by atoms with Crippen LogP contribution in [0.3, 0.4) is 0 Å². The van der Waals surface area contributed by atoms with E-state index in [4.69, 9.17) is 14.7 Å². The molecule has 7 heteroatoms. The van der Waals surface area contributed by atoms with Crippen molar-refractivity contribution in [2.45, 2.75) is 26.3 Å². The number of benzene rings is 1. The van der Waals surface area contributed by atoms with Crippen molar-refractivity contribution >= 4 is 11.9 Å². The molecule has 0 aliphatic heterocycles. The smallest absolute Gasteiger partial charge is 0.344 e. The number of ether oxygens (including phenoxy) is 2. The van der Waals surface area contributed by atoms with E-state index in [-0.39, 0.29) is 5.92 Å². The van der Waals surface area contributed by atoms with Crippen molar-refractivity contribution < 1.29 is 23.5 Å². The molecule has 0 aliphatic rings. The zero-order valence-corrected chi connectivity index (χ0v) is 13.3. The molecular weight excluding hydrogens is 303 g/mol. The molecule has 0 heterocycles. The Balaban J connectivity index is 2.37. The predicted molar refractivity (Wildman–Crippen MR) is 79.9 cm³/mol. The number of nitrogens with one attached hydrogen (secondary N) is 1. The minimum Gasteiger partial charge on any atom is -0.482 e. The number of halogens is 1. The van der Waals surface area contributed by atoms with E-state index < -0.39 is 36.4 Å². The quantitative estimate of drug-likeness (QED) is 0.773. The molecule has 1 atom stereocenters. The topological polar surface area (TPSA) is 88.4 Å². The third-order valence-corrected chi connectivity index (χ3v) is 3.32. The van der Waals surface area contributed by atoms with Crippen molar-refractivity contribution in [2.24, 2.45) is 5.92 Å². The number of amides is 1. The van der Waals surface area contributed by atoms with Gasteiger partial charge in [-0.3, -0.25) is 4.79 Å². The van der Waals surface area contributed by atoms with E-state index in [2.05, 4.69) is 5.32 Å². The summed E-state index contributed by atoms with van der Waals surface area (Å²) in [5, 5.41) is 11.6. The highest BCUT2D eigenvalue weighted by Gasteiger charge is 2.30. The number of esters is 1. The van der Waals surface area contributed by atoms with E-state index in [9.17, 15) is 14.0 Å². The molecule has 124 valence electrons. The van der Waals surface area contributed by atoms with E-state index >= 15 is 0 Å². The normalized spacial score (nSPS) is 12.9. The van der Waals surface area contributed by atoms with Crippen LogP contribution < -0.4 is 10.1 Å². The van der Waals surface area contributed by atoms with Crippen LogP contribution in [0.2, 0.25) is 0 Å². The average Bonchev–Trinajstić information content (AvgIpc) is 2.52. The first kappa shape index (κ1) is 18.4. The van der Waals surface area contributed by atoms with Gasteiger partial charge in [-0.25, -0.2) is 9.18 Å². The summed E-state index contributed by atoms with van der Waals surface area (Å²) in [7, 11) is 0. The van der Waals surface area contributed by atoms with Crippen molar-refractivity contribution in [3.8, 4) is 11.8 Å². The van der Waals surface area contributed by atoms with Gasteiger partial charge in [0.2, 0.25) is 0 Å². The van der Waals surface area contributed by atoms with Crippen LogP contribution in [0, 0.1) is 23.1 Å². The molecule has 6 nitrogen and oxygen atoms in total. The molecule has 1 N–H and O–H groups in total. The molecule has 0 fully saturated rings. The minimum atomic E-state index is -1.03. The maximum Gasteiger partial charge on any atom is 0.344 e. The summed E-state index contributed by atoms with van der Waals surface area (Å²) in [5.41, 5.74) is -1.03. The lowest BCUT2D eigenvalue weighted by Crippen LogP contribution is -2.50. The predicted octanol–water partition coefficient (Wildman–Crippen LogP) is 1.80. The first-order valence-electron chi connectivity index (χ1n) is 7.03. The lowest BCUT2D eigenvalue weighted by Gasteiger charge is -2.27. The zero-order valence-electron chi connectivity index (χ0n) is 13.3. The Kier molecular flexibility index (Phi) is 6.51. The second-order valence-electron chi connectivity index (χ2n) is 5.42. The first-order valence-corrected chi connectivity index (χ1v) is 7.03. The van der Waals surface area contributed by atoms with Gasteiger partial charge < -0.3 is 14.8 Å². The Morgan fingerprint density at radius 3 is 2.43 bits per heavy atom. The molecule has 0 radical (unpaired) electrons. The van der Waals surface area contributed by atoms with Gasteiger partial charge >= 0.3 is 5.97 Å². The van der Waals surface area contributed by atoms with Gasteiger partial charge in [-0.1, -0.05) is 13.8 Å². The van der Waals surface area contributed by atoms with E-state index in [1.165, 1.54) is 24.3 Å². The third kappa shape index (κ3) is 5.94. The molecule has 23 heavy (non-hydrogen) atoms. The standard InChI is InChI=1S/C16H19FN2O4/c1-11(2)16(3,10-18)19-14(20)8-23-15(21)9-22-13-6-4-12(17)5-7-13/h4-7,11H,8-9H2,1-3H3,(H,19,20)/t16-/m0/s1. The molecule has 0 saturated carbocycles. The summed E-state index contributed by atoms with van der Waals surface area (Å²) in [6, 6.07) is 7.16. The zero-order chi connectivity index (χ0) is 17.5. The Morgan fingerprint density at radius 2 is 1.91 bits per heavy atom. The monoisotopic (exact) mass is 322 g/mol. The number of carbonyl (C=O) groups excluding carboxylic acids is 2. The molecule has 0 aromatic heterocycles. The third-order valence-electron chi connectivity index (χ3n) is 3.32. The maximum atomic E-state index is 12.7. The number of nitriles is 1. The van der Waals surface area contributed by atoms with Crippen LogP contribution in [0.1, 0.15) is 20.8 Å². The molecule has 0 spiro atoms. The van der Waals surface area contributed by atoms with Gasteiger partial charge in [0.1, 0.15) is 17.1 Å². The molecule has 1 aromatic rings.